The molecule has 3 saturated heterocycles. The Morgan fingerprint density at radius 1 is 0.855 bits per heavy atom. The van der Waals surface area contributed by atoms with Crippen molar-refractivity contribution in [3.63, 3.8) is 0 Å². The molecule has 0 radical (unpaired) electrons. The van der Waals surface area contributed by atoms with Gasteiger partial charge in [0.1, 0.15) is 29.9 Å². The number of nitrogens with one attached hydrogen (secondary N) is 5. The fourth-order valence-corrected chi connectivity index (χ4v) is 13.6. The van der Waals surface area contributed by atoms with Gasteiger partial charge in [-0.25, -0.2) is 4.79 Å². The maximum Gasteiger partial charge on any atom is 0.329 e. The van der Waals surface area contributed by atoms with Crippen molar-refractivity contribution >= 4 is 82.1 Å². The van der Waals surface area contributed by atoms with E-state index in [1.165, 1.54) is 38.9 Å². The van der Waals surface area contributed by atoms with Gasteiger partial charge in [0.25, 0.3) is 13.3 Å². The summed E-state index contributed by atoms with van der Waals surface area (Å²) in [6, 6.07) is 14.8. The first kappa shape index (κ1) is 59.9. The van der Waals surface area contributed by atoms with E-state index in [-0.39, 0.29) is 93.0 Å². The highest BCUT2D eigenvalue weighted by Gasteiger charge is 2.47. The number of carbonyl (C=O) groups excluding carboxylic acids is 9. The zero-order valence-electron chi connectivity index (χ0n) is 47.7. The minimum Gasteiger partial charge on any atom is -0.370 e. The van der Waals surface area contributed by atoms with Crippen LogP contribution < -0.4 is 32.7 Å². The third-order valence-electron chi connectivity index (χ3n) is 17.1. The lowest BCUT2D eigenvalue weighted by atomic mass is 9.79. The molecule has 9 rings (SSSR count). The predicted octanol–water partition coefficient (Wildman–Crippen LogP) is 5.20. The van der Waals surface area contributed by atoms with Crippen LogP contribution in [0, 0.1) is 11.8 Å². The largest absolute Gasteiger partial charge is 0.370 e. The number of primary amides is 1. The molecule has 4 fully saturated rings. The monoisotopic (exact) mass is 1160 g/mol. The average molecular weight is 1160 g/mol. The fourth-order valence-electron chi connectivity index (χ4n) is 12.4. The van der Waals surface area contributed by atoms with E-state index in [0.29, 0.717) is 59.5 Å². The van der Waals surface area contributed by atoms with Crippen LogP contribution in [0.2, 0.25) is 0 Å². The van der Waals surface area contributed by atoms with Crippen LogP contribution in [0.4, 0.5) is 0 Å². The molecule has 0 spiro atoms. The Balaban J connectivity index is 0.896. The first-order valence-corrected chi connectivity index (χ1v) is 31.0. The summed E-state index contributed by atoms with van der Waals surface area (Å²) in [6.45, 7) is 7.33. The van der Waals surface area contributed by atoms with Crippen molar-refractivity contribution in [2.24, 2.45) is 24.6 Å². The summed E-state index contributed by atoms with van der Waals surface area (Å²) in [6.07, 6.45) is 5.43. The summed E-state index contributed by atoms with van der Waals surface area (Å²) >= 11 is 0. The van der Waals surface area contributed by atoms with Crippen LogP contribution in [0.5, 0.6) is 0 Å². The smallest absolute Gasteiger partial charge is 0.329 e. The van der Waals surface area contributed by atoms with Crippen molar-refractivity contribution in [2.45, 2.75) is 147 Å². The van der Waals surface area contributed by atoms with Gasteiger partial charge < -0.3 is 41.0 Å². The Bertz CT molecular complexity index is 3470. The summed E-state index contributed by atoms with van der Waals surface area (Å²) in [4.78, 5) is 142. The molecule has 23 heteroatoms. The maximum atomic E-state index is 15.2. The van der Waals surface area contributed by atoms with Crippen LogP contribution >= 0.6 is 7.37 Å². The molecule has 3 aliphatic heterocycles. The number of imidazole rings is 1. The van der Waals surface area contributed by atoms with Crippen molar-refractivity contribution in [3.05, 3.63) is 105 Å². The molecule has 6 atom stereocenters. The van der Waals surface area contributed by atoms with E-state index in [1.54, 1.807) is 24.9 Å². The predicted molar refractivity (Wildman–Crippen MR) is 309 cm³/mol. The number of benzene rings is 3. The summed E-state index contributed by atoms with van der Waals surface area (Å²) in [5, 5.41) is 11.4. The van der Waals surface area contributed by atoms with Crippen molar-refractivity contribution in [1.29, 1.82) is 0 Å². The van der Waals surface area contributed by atoms with Gasteiger partial charge in [0.2, 0.25) is 46.9 Å². The van der Waals surface area contributed by atoms with Gasteiger partial charge in [-0.15, -0.1) is 0 Å². The molecule has 8 amide bonds. The Kier molecular flexibility index (Phi) is 18.3. The zero-order chi connectivity index (χ0) is 59.4. The van der Waals surface area contributed by atoms with E-state index in [1.807, 2.05) is 42.5 Å². The van der Waals surface area contributed by atoms with Crippen molar-refractivity contribution in [1.82, 2.24) is 45.2 Å². The van der Waals surface area contributed by atoms with Gasteiger partial charge in [0, 0.05) is 74.6 Å². The van der Waals surface area contributed by atoms with Crippen LogP contribution in [0.25, 0.3) is 21.9 Å². The number of rotatable bonds is 20. The highest BCUT2D eigenvalue weighted by Crippen LogP contribution is 2.46. The van der Waals surface area contributed by atoms with Crippen LogP contribution in [-0.2, 0) is 62.7 Å². The summed E-state index contributed by atoms with van der Waals surface area (Å²) < 4.78 is 21.3. The van der Waals surface area contributed by atoms with Gasteiger partial charge in [-0.3, -0.25) is 62.2 Å². The quantitative estimate of drug-likeness (QED) is 0.0433. The average Bonchev–Trinajstić information content (AvgIpc) is 4.07. The van der Waals surface area contributed by atoms with E-state index < -0.39 is 78.5 Å². The second-order valence-electron chi connectivity index (χ2n) is 23.1. The molecule has 1 aliphatic carbocycles. The van der Waals surface area contributed by atoms with Gasteiger partial charge in [-0.1, -0.05) is 44.2 Å². The van der Waals surface area contributed by atoms with Crippen LogP contribution in [-0.4, -0.2) is 127 Å². The number of nitrogens with zero attached hydrogens (tertiary/aromatic N) is 4. The van der Waals surface area contributed by atoms with Crippen molar-refractivity contribution in [2.75, 3.05) is 26.4 Å². The number of nitrogens with two attached hydrogens (primary N) is 1. The van der Waals surface area contributed by atoms with E-state index in [4.69, 9.17) is 10.3 Å². The lowest BCUT2D eigenvalue weighted by Gasteiger charge is -2.40. The molecular formula is C60H75N10O12P. The number of H-pyrrole nitrogens is 1. The number of aryl methyl sites for hydroxylation is 2. The molecular weight excluding hydrogens is 1080 g/mol. The topological polar surface area (TPSA) is 303 Å². The highest BCUT2D eigenvalue weighted by molar-refractivity contribution is 7.76. The van der Waals surface area contributed by atoms with Gasteiger partial charge in [0.15, 0.2) is 0 Å². The van der Waals surface area contributed by atoms with Gasteiger partial charge in [-0.05, 0) is 142 Å². The number of carbonyl (C=O) groups is 9. The molecule has 4 aliphatic rings. The third-order valence-corrected chi connectivity index (χ3v) is 18.9. The molecule has 22 nitrogen and oxygen atoms in total. The lowest BCUT2D eigenvalue weighted by Crippen LogP contribution is -2.62. The van der Waals surface area contributed by atoms with Crippen LogP contribution in [0.3, 0.4) is 0 Å². The number of hydrogen-bond acceptors (Lipinski definition) is 12. The van der Waals surface area contributed by atoms with Gasteiger partial charge >= 0.3 is 5.69 Å². The Hall–Kier alpha value is -7.71. The van der Waals surface area contributed by atoms with E-state index in [9.17, 15) is 47.7 Å². The minimum absolute atomic E-state index is 0.0428. The number of imide groups is 1. The fraction of sp³-hybridized carbons (Fsp3) is 0.500. The van der Waals surface area contributed by atoms with Gasteiger partial charge in [-0.2, -0.15) is 0 Å². The first-order valence-electron chi connectivity index (χ1n) is 28.9. The Morgan fingerprint density at radius 2 is 1.59 bits per heavy atom. The lowest BCUT2D eigenvalue weighted by molar-refractivity contribution is -0.147. The second-order valence-corrected chi connectivity index (χ2v) is 25.4. The molecule has 5 heterocycles. The highest BCUT2D eigenvalue weighted by atomic mass is 31.2. The normalized spacial score (nSPS) is 22.3. The summed E-state index contributed by atoms with van der Waals surface area (Å²) in [5.74, 6) is -3.78. The summed E-state index contributed by atoms with van der Waals surface area (Å²) in [5.41, 5.74) is 9.45. The number of aromatic nitrogens is 3. The van der Waals surface area contributed by atoms with E-state index >= 15 is 4.79 Å². The molecule has 2 unspecified atom stereocenters. The zero-order valence-corrected chi connectivity index (χ0v) is 48.6. The molecule has 2 aromatic heterocycles. The molecule has 83 heavy (non-hydrogen) atoms. The Morgan fingerprint density at radius 3 is 2.29 bits per heavy atom. The molecule has 442 valence electrons. The van der Waals surface area contributed by atoms with Gasteiger partial charge in [0.05, 0.1) is 17.6 Å². The molecule has 3 aromatic carbocycles. The SMILES string of the molecule is CCOP(C)(=O)C(=O)c1ccc2[nH]c(C(=O)N[C@H]3CN(C(=O)[C@H]4CC[C@@H](CCc5ccc6c(c5)n(C)c(=O)n6C5CCC(=O)NC5=O)CC4)CC[C@H]4CC[C@@H](C(=O)N[C@@H](CCC(N)=O)C(=O)NCc5ccc(C(C)C)cc5)N4C3=O)cc2c1. The molecule has 7 N–H and O–H groups in total. The van der Waals surface area contributed by atoms with E-state index in [2.05, 4.69) is 40.1 Å². The van der Waals surface area contributed by atoms with E-state index in [0.717, 1.165) is 42.4 Å². The Labute approximate surface area is 480 Å². The van der Waals surface area contributed by atoms with Crippen molar-refractivity contribution in [3.8, 4) is 0 Å². The number of aromatic amines is 1. The molecule has 1 saturated carbocycles. The standard InChI is InChI=1S/C60H75N10O12P/c1-6-82-83(5,81)59(79)40-18-20-43-41(30-40)31-45(63-43)54(74)65-46-33-68(57(77)39-16-9-35(10-17-39)7-8-36-13-22-47-50(29-36)67(4)60(80)70(47)49-24-26-52(72)66-56(49)76)28-27-42-19-23-48(69(42)58(46)78)55(75)64-44(21-25-51(61)71)53(73)62-32-37-11-14-38(15-12-37)34(2)3/h11-15,18,20,22,29-31,34-35,39,42,44,46,48-49,63H,6-10,16-17,19,21,23-28,32-33H2,1-5H3,(H2,61,71)(H,62,73)(H,64,75)(H,65,74)(H,66,72,76)/t35-,39+,42-,44+,46+,48+,49?,83?/m1/s1. The third kappa shape index (κ3) is 13.4. The summed E-state index contributed by atoms with van der Waals surface area (Å²) in [7, 11) is -1.98. The minimum atomic E-state index is -3.65. The number of amides is 8. The second kappa shape index (κ2) is 25.4. The maximum absolute atomic E-state index is 15.2. The number of fused-ring (bicyclic) bond motifs is 3. The first-order chi connectivity index (χ1) is 39.6. The van der Waals surface area contributed by atoms with Crippen LogP contribution in [0.15, 0.2) is 71.5 Å². The molecule has 5 aromatic rings. The molecule has 0 bridgehead atoms. The van der Waals surface area contributed by atoms with Crippen LogP contribution in [0.1, 0.15) is 147 Å². The van der Waals surface area contributed by atoms with Crippen molar-refractivity contribution < 1.29 is 52.2 Å². The number of hydrogen-bond donors (Lipinski definition) is 6. The number of piperidine rings is 1.